The number of hydrogen-bond donors (Lipinski definition) is 2. The predicted octanol–water partition coefficient (Wildman–Crippen LogP) is 0.369. The largest absolute Gasteiger partial charge is 0.508 e. The molecule has 0 bridgehead atoms. The summed E-state index contributed by atoms with van der Waals surface area (Å²) in [6, 6.07) is 4.11. The van der Waals surface area contributed by atoms with Gasteiger partial charge in [0.05, 0.1) is 0 Å². The van der Waals surface area contributed by atoms with Gasteiger partial charge in [0.1, 0.15) is 5.75 Å². The fraction of sp³-hybridized carbons (Fsp3) is 0.111. The molecule has 1 aromatic rings. The van der Waals surface area contributed by atoms with Gasteiger partial charge in [-0.2, -0.15) is 0 Å². The molecule has 0 saturated heterocycles. The molecule has 0 unspecified atom stereocenters. The Morgan fingerprint density at radius 3 is 2.46 bits per heavy atom. The van der Waals surface area contributed by atoms with Crippen LogP contribution in [0.4, 0.5) is 0 Å². The molecule has 0 spiro atoms. The van der Waals surface area contributed by atoms with Crippen molar-refractivity contribution in [2.24, 2.45) is 5.73 Å². The molecule has 0 saturated carbocycles. The van der Waals surface area contributed by atoms with Crippen LogP contribution in [0.15, 0.2) is 18.2 Å². The number of carbonyl (C=O) groups excluding carboxylic acids is 2. The molecule has 4 heteroatoms. The van der Waals surface area contributed by atoms with Crippen LogP contribution >= 0.6 is 0 Å². The molecule has 0 fully saturated rings. The van der Waals surface area contributed by atoms with Crippen LogP contribution in [0.2, 0.25) is 0 Å². The molecule has 1 rings (SSSR count). The van der Waals surface area contributed by atoms with Gasteiger partial charge in [-0.15, -0.1) is 0 Å². The van der Waals surface area contributed by atoms with Crippen molar-refractivity contribution in [3.8, 4) is 5.75 Å². The van der Waals surface area contributed by atoms with Crippen molar-refractivity contribution < 1.29 is 14.7 Å². The Hall–Kier alpha value is -1.84. The molecule has 0 atom stereocenters. The number of primary amides is 1. The van der Waals surface area contributed by atoms with Crippen LogP contribution in [0.3, 0.4) is 0 Å². The van der Waals surface area contributed by atoms with Crippen molar-refractivity contribution >= 4 is 11.7 Å². The van der Waals surface area contributed by atoms with E-state index in [9.17, 15) is 9.59 Å². The summed E-state index contributed by atoms with van der Waals surface area (Å²) in [5, 5.41) is 9.03. The zero-order valence-electron chi connectivity index (χ0n) is 7.07. The van der Waals surface area contributed by atoms with Gasteiger partial charge >= 0.3 is 0 Å². The molecule has 1 aromatic carbocycles. The second-order valence-electron chi connectivity index (χ2n) is 2.69. The van der Waals surface area contributed by atoms with Crippen molar-refractivity contribution in [3.63, 3.8) is 0 Å². The molecule has 1 amide bonds. The Morgan fingerprint density at radius 2 is 2.00 bits per heavy atom. The second-order valence-corrected chi connectivity index (χ2v) is 2.69. The maximum Gasteiger partial charge on any atom is 0.289 e. The molecule has 0 aromatic heterocycles. The highest BCUT2D eigenvalue weighted by atomic mass is 16.3. The minimum absolute atomic E-state index is 0.0542. The first-order valence-corrected chi connectivity index (χ1v) is 3.66. The quantitative estimate of drug-likeness (QED) is 0.508. The molecule has 0 heterocycles. The van der Waals surface area contributed by atoms with Crippen LogP contribution in [-0.4, -0.2) is 16.8 Å². The van der Waals surface area contributed by atoms with E-state index in [1.54, 1.807) is 6.92 Å². The average Bonchev–Trinajstić information content (AvgIpc) is 2.03. The summed E-state index contributed by atoms with van der Waals surface area (Å²) >= 11 is 0. The zero-order chi connectivity index (χ0) is 10.0. The van der Waals surface area contributed by atoms with Crippen molar-refractivity contribution in [1.29, 1.82) is 0 Å². The lowest BCUT2D eigenvalue weighted by Gasteiger charge is -2.01. The lowest BCUT2D eigenvalue weighted by atomic mass is 10.0. The first kappa shape index (κ1) is 9.25. The number of ketones is 1. The minimum Gasteiger partial charge on any atom is -0.508 e. The van der Waals surface area contributed by atoms with Gasteiger partial charge in [-0.3, -0.25) is 9.59 Å². The zero-order valence-corrected chi connectivity index (χ0v) is 7.07. The Bertz CT molecular complexity index is 371. The van der Waals surface area contributed by atoms with E-state index in [0.717, 1.165) is 0 Å². The summed E-state index contributed by atoms with van der Waals surface area (Å²) in [6.07, 6.45) is 0. The standard InChI is InChI=1S/C9H9NO3/c1-5-4-6(11)2-3-7(5)8(12)9(10)13/h2-4,11H,1H3,(H2,10,13). The number of aryl methyl sites for hydroxylation is 1. The van der Waals surface area contributed by atoms with Gasteiger partial charge in [-0.25, -0.2) is 0 Å². The van der Waals surface area contributed by atoms with E-state index < -0.39 is 11.7 Å². The Labute approximate surface area is 75.0 Å². The Balaban J connectivity index is 3.16. The fourth-order valence-corrected chi connectivity index (χ4v) is 1.04. The van der Waals surface area contributed by atoms with Crippen LogP contribution in [-0.2, 0) is 4.79 Å². The normalized spacial score (nSPS) is 9.62. The number of phenols is 1. The van der Waals surface area contributed by atoms with Crippen molar-refractivity contribution in [2.75, 3.05) is 0 Å². The number of hydrogen-bond acceptors (Lipinski definition) is 3. The summed E-state index contributed by atoms with van der Waals surface area (Å²) in [6.45, 7) is 1.62. The van der Waals surface area contributed by atoms with E-state index in [0.29, 0.717) is 5.56 Å². The molecule has 0 radical (unpaired) electrons. The SMILES string of the molecule is Cc1cc(O)ccc1C(=O)C(N)=O. The van der Waals surface area contributed by atoms with Gasteiger partial charge in [0.2, 0.25) is 5.78 Å². The lowest BCUT2D eigenvalue weighted by Crippen LogP contribution is -2.23. The molecular weight excluding hydrogens is 170 g/mol. The van der Waals surface area contributed by atoms with Crippen molar-refractivity contribution in [2.45, 2.75) is 6.92 Å². The fourth-order valence-electron chi connectivity index (χ4n) is 1.04. The van der Waals surface area contributed by atoms with Crippen LogP contribution in [0.25, 0.3) is 0 Å². The minimum atomic E-state index is -0.992. The molecule has 0 aliphatic heterocycles. The van der Waals surface area contributed by atoms with Gasteiger partial charge in [-0.1, -0.05) is 0 Å². The molecule has 3 N–H and O–H groups in total. The molecule has 0 aliphatic carbocycles. The topological polar surface area (TPSA) is 80.4 Å². The number of benzene rings is 1. The van der Waals surface area contributed by atoms with E-state index in [4.69, 9.17) is 10.8 Å². The number of amides is 1. The Kier molecular flexibility index (Phi) is 2.32. The van der Waals surface area contributed by atoms with E-state index in [1.165, 1.54) is 18.2 Å². The predicted molar refractivity (Wildman–Crippen MR) is 46.4 cm³/mol. The average molecular weight is 179 g/mol. The third-order valence-corrected chi connectivity index (χ3v) is 1.68. The van der Waals surface area contributed by atoms with Gasteiger partial charge in [0.15, 0.2) is 0 Å². The van der Waals surface area contributed by atoms with Crippen molar-refractivity contribution in [3.05, 3.63) is 29.3 Å². The number of rotatable bonds is 2. The smallest absolute Gasteiger partial charge is 0.289 e. The third-order valence-electron chi connectivity index (χ3n) is 1.68. The highest BCUT2D eigenvalue weighted by Gasteiger charge is 2.14. The molecular formula is C9H9NO3. The van der Waals surface area contributed by atoms with Gasteiger partial charge in [0.25, 0.3) is 5.91 Å². The summed E-state index contributed by atoms with van der Waals surface area (Å²) in [4.78, 5) is 21.7. The first-order valence-electron chi connectivity index (χ1n) is 3.66. The summed E-state index contributed by atoms with van der Waals surface area (Å²) in [7, 11) is 0. The van der Waals surface area contributed by atoms with Gasteiger partial charge < -0.3 is 10.8 Å². The van der Waals surface area contributed by atoms with E-state index in [-0.39, 0.29) is 11.3 Å². The summed E-state index contributed by atoms with van der Waals surface area (Å²) < 4.78 is 0. The van der Waals surface area contributed by atoms with Crippen LogP contribution in [0.1, 0.15) is 15.9 Å². The highest BCUT2D eigenvalue weighted by molar-refractivity contribution is 6.42. The number of Topliss-reactive ketones (excluding diaryl/α,β-unsaturated/α-hetero) is 1. The molecule has 13 heavy (non-hydrogen) atoms. The maximum absolute atomic E-state index is 11.1. The van der Waals surface area contributed by atoms with Gasteiger partial charge in [-0.05, 0) is 30.7 Å². The maximum atomic E-state index is 11.1. The lowest BCUT2D eigenvalue weighted by molar-refractivity contribution is -0.114. The Morgan fingerprint density at radius 1 is 1.38 bits per heavy atom. The highest BCUT2D eigenvalue weighted by Crippen LogP contribution is 2.15. The van der Waals surface area contributed by atoms with E-state index in [2.05, 4.69) is 0 Å². The number of nitrogens with two attached hydrogens (primary N) is 1. The molecule has 68 valence electrons. The van der Waals surface area contributed by atoms with E-state index in [1.807, 2.05) is 0 Å². The van der Waals surface area contributed by atoms with E-state index >= 15 is 0 Å². The van der Waals surface area contributed by atoms with Crippen LogP contribution in [0.5, 0.6) is 5.75 Å². The van der Waals surface area contributed by atoms with Gasteiger partial charge in [0, 0.05) is 5.56 Å². The van der Waals surface area contributed by atoms with Crippen LogP contribution < -0.4 is 5.73 Å². The molecule has 0 aliphatic rings. The number of aromatic hydroxyl groups is 1. The van der Waals surface area contributed by atoms with Crippen molar-refractivity contribution in [1.82, 2.24) is 0 Å². The molecule has 4 nitrogen and oxygen atoms in total. The first-order chi connectivity index (χ1) is 6.02. The number of carbonyl (C=O) groups is 2. The van der Waals surface area contributed by atoms with Crippen LogP contribution in [0, 0.1) is 6.92 Å². The summed E-state index contributed by atoms with van der Waals surface area (Å²) in [5.74, 6) is -1.68. The number of phenolic OH excluding ortho intramolecular Hbond substituents is 1. The second kappa shape index (κ2) is 3.26. The monoisotopic (exact) mass is 179 g/mol. The summed E-state index contributed by atoms with van der Waals surface area (Å²) in [5.41, 5.74) is 5.58. The third kappa shape index (κ3) is 1.84.